The van der Waals surface area contributed by atoms with E-state index in [1.807, 2.05) is 18.2 Å². The van der Waals surface area contributed by atoms with Crippen LogP contribution in [0.15, 0.2) is 46.9 Å². The van der Waals surface area contributed by atoms with E-state index < -0.39 is 0 Å². The summed E-state index contributed by atoms with van der Waals surface area (Å²) in [5.41, 5.74) is 9.83. The van der Waals surface area contributed by atoms with Crippen molar-refractivity contribution in [1.82, 2.24) is 0 Å². The van der Waals surface area contributed by atoms with Crippen molar-refractivity contribution < 1.29 is 0 Å². The summed E-state index contributed by atoms with van der Waals surface area (Å²) in [6.07, 6.45) is 3.58. The highest BCUT2D eigenvalue weighted by Gasteiger charge is 2.12. The molecule has 0 aliphatic rings. The molecular weight excluding hydrogens is 334 g/mol. The minimum atomic E-state index is -0.164. The van der Waals surface area contributed by atoms with Crippen LogP contribution in [0.25, 0.3) is 0 Å². The normalized spacial score (nSPS) is 12.4. The van der Waals surface area contributed by atoms with Crippen LogP contribution < -0.4 is 5.73 Å². The zero-order chi connectivity index (χ0) is 14.5. The molecule has 1 atom stereocenters. The Morgan fingerprint density at radius 1 is 1.15 bits per heavy atom. The van der Waals surface area contributed by atoms with Crippen LogP contribution in [0.3, 0.4) is 0 Å². The Labute approximate surface area is 134 Å². The molecule has 0 fully saturated rings. The largest absolute Gasteiger partial charge is 0.320 e. The number of nitrogens with two attached hydrogens (primary N) is 1. The summed E-state index contributed by atoms with van der Waals surface area (Å²) >= 11 is 9.59. The molecule has 0 saturated heterocycles. The van der Waals surface area contributed by atoms with Crippen molar-refractivity contribution >= 4 is 27.5 Å². The quantitative estimate of drug-likeness (QED) is 0.756. The monoisotopic (exact) mass is 351 g/mol. The van der Waals surface area contributed by atoms with Gasteiger partial charge in [0.2, 0.25) is 0 Å². The highest BCUT2D eigenvalue weighted by atomic mass is 79.9. The van der Waals surface area contributed by atoms with Gasteiger partial charge < -0.3 is 5.73 Å². The Bertz CT molecular complexity index is 566. The molecule has 0 saturated carbocycles. The lowest BCUT2D eigenvalue weighted by Crippen LogP contribution is -2.12. The van der Waals surface area contributed by atoms with Crippen molar-refractivity contribution in [1.29, 1.82) is 0 Å². The molecule has 2 aromatic carbocycles. The van der Waals surface area contributed by atoms with Crippen molar-refractivity contribution in [3.63, 3.8) is 0 Å². The molecule has 106 valence electrons. The average Bonchev–Trinajstić information content (AvgIpc) is 2.47. The van der Waals surface area contributed by atoms with Crippen molar-refractivity contribution in [2.75, 3.05) is 0 Å². The first-order valence-electron chi connectivity index (χ1n) is 6.91. The lowest BCUT2D eigenvalue weighted by atomic mass is 9.97. The second-order valence-electron chi connectivity index (χ2n) is 4.99. The number of hydrogen-bond donors (Lipinski definition) is 1. The van der Waals surface area contributed by atoms with Crippen LogP contribution in [0, 0.1) is 0 Å². The number of rotatable bonds is 5. The van der Waals surface area contributed by atoms with E-state index in [9.17, 15) is 0 Å². The maximum atomic E-state index is 6.35. The molecule has 2 rings (SSSR count). The fourth-order valence-electron chi connectivity index (χ4n) is 2.21. The minimum absolute atomic E-state index is 0.164. The summed E-state index contributed by atoms with van der Waals surface area (Å²) in [6.45, 7) is 2.21. The lowest BCUT2D eigenvalue weighted by Gasteiger charge is -2.15. The van der Waals surface area contributed by atoms with E-state index in [4.69, 9.17) is 17.3 Å². The Morgan fingerprint density at radius 2 is 1.85 bits per heavy atom. The zero-order valence-corrected chi connectivity index (χ0v) is 13.9. The highest BCUT2D eigenvalue weighted by molar-refractivity contribution is 9.10. The molecule has 1 unspecified atom stereocenters. The molecule has 20 heavy (non-hydrogen) atoms. The maximum absolute atomic E-state index is 6.35. The smallest absolute Gasteiger partial charge is 0.0563 e. The van der Waals surface area contributed by atoms with E-state index in [1.165, 1.54) is 18.4 Å². The first-order valence-corrected chi connectivity index (χ1v) is 8.08. The van der Waals surface area contributed by atoms with Gasteiger partial charge in [-0.15, -0.1) is 0 Å². The maximum Gasteiger partial charge on any atom is 0.0563 e. The van der Waals surface area contributed by atoms with Gasteiger partial charge in [0.15, 0.2) is 0 Å². The highest BCUT2D eigenvalue weighted by Crippen LogP contribution is 2.29. The number of benzene rings is 2. The average molecular weight is 353 g/mol. The molecule has 2 aromatic rings. The van der Waals surface area contributed by atoms with Crippen LogP contribution >= 0.6 is 27.5 Å². The topological polar surface area (TPSA) is 26.0 Å². The summed E-state index contributed by atoms with van der Waals surface area (Å²) in [4.78, 5) is 0. The fraction of sp³-hybridized carbons (Fsp3) is 0.294. The first-order chi connectivity index (χ1) is 9.61. The Balaban J connectivity index is 2.20. The van der Waals surface area contributed by atoms with Crippen molar-refractivity contribution in [2.24, 2.45) is 5.73 Å². The van der Waals surface area contributed by atoms with E-state index in [-0.39, 0.29) is 6.04 Å². The van der Waals surface area contributed by atoms with Crippen LogP contribution in [-0.4, -0.2) is 0 Å². The van der Waals surface area contributed by atoms with Gasteiger partial charge >= 0.3 is 0 Å². The first kappa shape index (κ1) is 15.6. The van der Waals surface area contributed by atoms with Gasteiger partial charge in [0, 0.05) is 9.50 Å². The fourth-order valence-corrected chi connectivity index (χ4v) is 2.88. The number of unbranched alkanes of at least 4 members (excludes halogenated alkanes) is 1. The van der Waals surface area contributed by atoms with Crippen molar-refractivity contribution in [2.45, 2.75) is 32.2 Å². The third kappa shape index (κ3) is 3.85. The molecule has 3 heteroatoms. The predicted molar refractivity (Wildman–Crippen MR) is 90.2 cm³/mol. The third-order valence-electron chi connectivity index (χ3n) is 3.45. The van der Waals surface area contributed by atoms with Crippen LogP contribution in [0.4, 0.5) is 0 Å². The summed E-state index contributed by atoms with van der Waals surface area (Å²) < 4.78 is 0.990. The Morgan fingerprint density at radius 3 is 2.50 bits per heavy atom. The molecule has 2 N–H and O–H groups in total. The van der Waals surface area contributed by atoms with Crippen LogP contribution in [-0.2, 0) is 6.42 Å². The standard InChI is InChI=1S/C17H19BrClN/c1-2-3-4-12-5-7-13(8-6-12)17(20)15-11-14(19)9-10-16(15)18/h5-11,17H,2-4,20H2,1H3. The number of hydrogen-bond acceptors (Lipinski definition) is 1. The van der Waals surface area contributed by atoms with Crippen LogP contribution in [0.5, 0.6) is 0 Å². The van der Waals surface area contributed by atoms with Gasteiger partial charge in [0.05, 0.1) is 6.04 Å². The zero-order valence-electron chi connectivity index (χ0n) is 11.6. The second kappa shape index (κ2) is 7.26. The SMILES string of the molecule is CCCCc1ccc(C(N)c2cc(Cl)ccc2Br)cc1. The lowest BCUT2D eigenvalue weighted by molar-refractivity contribution is 0.793. The summed E-state index contributed by atoms with van der Waals surface area (Å²) in [7, 11) is 0. The predicted octanol–water partition coefficient (Wildman–Crippen LogP) is 5.49. The molecule has 0 aromatic heterocycles. The molecular formula is C17H19BrClN. The number of aryl methyl sites for hydroxylation is 1. The second-order valence-corrected chi connectivity index (χ2v) is 6.28. The van der Waals surface area contributed by atoms with Gasteiger partial charge in [-0.2, -0.15) is 0 Å². The van der Waals surface area contributed by atoms with Crippen molar-refractivity contribution in [3.05, 3.63) is 68.7 Å². The van der Waals surface area contributed by atoms with Gasteiger partial charge in [0.25, 0.3) is 0 Å². The molecule has 0 heterocycles. The van der Waals surface area contributed by atoms with Gasteiger partial charge in [-0.25, -0.2) is 0 Å². The summed E-state index contributed by atoms with van der Waals surface area (Å²) in [5.74, 6) is 0. The van der Waals surface area contributed by atoms with Crippen LogP contribution in [0.1, 0.15) is 42.5 Å². The van der Waals surface area contributed by atoms with Gasteiger partial charge in [-0.1, -0.05) is 65.1 Å². The molecule has 0 aliphatic carbocycles. The Hall–Kier alpha value is -0.830. The molecule has 1 nitrogen and oxygen atoms in total. The van der Waals surface area contributed by atoms with Gasteiger partial charge in [-0.3, -0.25) is 0 Å². The molecule has 0 aliphatic heterocycles. The van der Waals surface area contributed by atoms with Gasteiger partial charge in [0.1, 0.15) is 0 Å². The molecule has 0 bridgehead atoms. The van der Waals surface area contributed by atoms with E-state index in [0.717, 1.165) is 22.0 Å². The van der Waals surface area contributed by atoms with E-state index in [0.29, 0.717) is 5.02 Å². The van der Waals surface area contributed by atoms with E-state index in [2.05, 4.69) is 47.1 Å². The summed E-state index contributed by atoms with van der Waals surface area (Å²) in [6, 6.07) is 14.1. The van der Waals surface area contributed by atoms with E-state index >= 15 is 0 Å². The summed E-state index contributed by atoms with van der Waals surface area (Å²) in [5, 5.41) is 0.707. The molecule has 0 spiro atoms. The third-order valence-corrected chi connectivity index (χ3v) is 4.41. The van der Waals surface area contributed by atoms with Crippen molar-refractivity contribution in [3.8, 4) is 0 Å². The Kier molecular flexibility index (Phi) is 5.64. The minimum Gasteiger partial charge on any atom is -0.320 e. The van der Waals surface area contributed by atoms with Crippen LogP contribution in [0.2, 0.25) is 5.02 Å². The number of halogens is 2. The molecule has 0 amide bonds. The van der Waals surface area contributed by atoms with Gasteiger partial charge in [-0.05, 0) is 47.7 Å². The van der Waals surface area contributed by atoms with E-state index in [1.54, 1.807) is 0 Å². The molecule has 0 radical (unpaired) electrons.